The van der Waals surface area contributed by atoms with Gasteiger partial charge in [0, 0.05) is 25.1 Å². The van der Waals surface area contributed by atoms with Gasteiger partial charge in [0.2, 0.25) is 0 Å². The second kappa shape index (κ2) is 6.07. The summed E-state index contributed by atoms with van der Waals surface area (Å²) in [6, 6.07) is 5.71. The van der Waals surface area contributed by atoms with Gasteiger partial charge in [-0.05, 0) is 33.0 Å². The van der Waals surface area contributed by atoms with Crippen LogP contribution in [-0.4, -0.2) is 41.5 Å². The van der Waals surface area contributed by atoms with Gasteiger partial charge in [-0.25, -0.2) is 4.39 Å². The first-order valence-electron chi connectivity index (χ1n) is 5.97. The molecule has 1 rings (SSSR count). The zero-order valence-corrected chi connectivity index (χ0v) is 11.1. The zero-order chi connectivity index (χ0) is 13.8. The molecule has 3 nitrogen and oxygen atoms in total. The first-order valence-corrected chi connectivity index (χ1v) is 5.97. The minimum absolute atomic E-state index is 0.0860. The van der Waals surface area contributed by atoms with Crippen LogP contribution in [0.5, 0.6) is 0 Å². The van der Waals surface area contributed by atoms with Crippen molar-refractivity contribution in [2.24, 2.45) is 0 Å². The molecule has 0 bridgehead atoms. The molecule has 0 amide bonds. The van der Waals surface area contributed by atoms with Gasteiger partial charge in [0.05, 0.1) is 5.60 Å². The third-order valence-corrected chi connectivity index (χ3v) is 2.52. The van der Waals surface area contributed by atoms with Crippen LogP contribution in [0.4, 0.5) is 4.39 Å². The molecule has 0 saturated heterocycles. The standard InChI is InChI=1S/C14H20FNO2/c1-14(2,18)10-16(3)8-7-13(17)11-5-4-6-12(15)9-11/h4-6,9,18H,7-8,10H2,1-3H3. The monoisotopic (exact) mass is 253 g/mol. The summed E-state index contributed by atoms with van der Waals surface area (Å²) in [5, 5.41) is 9.63. The van der Waals surface area contributed by atoms with E-state index < -0.39 is 11.4 Å². The summed E-state index contributed by atoms with van der Waals surface area (Å²) in [6.07, 6.45) is 0.316. The number of hydrogen-bond donors (Lipinski definition) is 1. The quantitative estimate of drug-likeness (QED) is 0.789. The summed E-state index contributed by atoms with van der Waals surface area (Å²) in [5.41, 5.74) is -0.386. The summed E-state index contributed by atoms with van der Waals surface area (Å²) in [6.45, 7) is 4.47. The van der Waals surface area contributed by atoms with Crippen LogP contribution in [0.3, 0.4) is 0 Å². The molecular weight excluding hydrogens is 233 g/mol. The van der Waals surface area contributed by atoms with Crippen molar-refractivity contribution in [2.45, 2.75) is 25.9 Å². The Morgan fingerprint density at radius 2 is 2.11 bits per heavy atom. The third kappa shape index (κ3) is 5.38. The van der Waals surface area contributed by atoms with Crippen LogP contribution in [0.1, 0.15) is 30.6 Å². The average Bonchev–Trinajstić information content (AvgIpc) is 2.23. The highest BCUT2D eigenvalue weighted by Crippen LogP contribution is 2.08. The molecule has 100 valence electrons. The van der Waals surface area contributed by atoms with Crippen molar-refractivity contribution in [2.75, 3.05) is 20.1 Å². The minimum Gasteiger partial charge on any atom is -0.389 e. The minimum atomic E-state index is -0.781. The number of halogens is 1. The maximum atomic E-state index is 13.0. The fourth-order valence-corrected chi connectivity index (χ4v) is 1.84. The molecule has 0 aliphatic rings. The van der Waals surface area contributed by atoms with Gasteiger partial charge in [-0.1, -0.05) is 12.1 Å². The highest BCUT2D eigenvalue weighted by atomic mass is 19.1. The number of Topliss-reactive ketones (excluding diaryl/α,β-unsaturated/α-hetero) is 1. The van der Waals surface area contributed by atoms with Crippen LogP contribution in [0.15, 0.2) is 24.3 Å². The molecule has 0 atom stereocenters. The fraction of sp³-hybridized carbons (Fsp3) is 0.500. The first-order chi connectivity index (χ1) is 8.28. The maximum Gasteiger partial charge on any atom is 0.164 e. The Morgan fingerprint density at radius 1 is 1.44 bits per heavy atom. The SMILES string of the molecule is CN(CCC(=O)c1cccc(F)c1)CC(C)(C)O. The van der Waals surface area contributed by atoms with Gasteiger partial charge >= 0.3 is 0 Å². The van der Waals surface area contributed by atoms with E-state index >= 15 is 0 Å². The molecule has 0 spiro atoms. The van der Waals surface area contributed by atoms with E-state index in [-0.39, 0.29) is 5.78 Å². The molecule has 0 unspecified atom stereocenters. The van der Waals surface area contributed by atoms with E-state index in [0.717, 1.165) is 0 Å². The Labute approximate surface area is 107 Å². The van der Waals surface area contributed by atoms with Crippen LogP contribution < -0.4 is 0 Å². The van der Waals surface area contributed by atoms with Crippen LogP contribution in [0.2, 0.25) is 0 Å². The molecule has 1 aromatic rings. The third-order valence-electron chi connectivity index (χ3n) is 2.52. The summed E-state index contributed by atoms with van der Waals surface area (Å²) >= 11 is 0. The summed E-state index contributed by atoms with van der Waals surface area (Å²) in [5.74, 6) is -0.484. The van der Waals surface area contributed by atoms with Crippen molar-refractivity contribution in [3.8, 4) is 0 Å². The van der Waals surface area contributed by atoms with Gasteiger partial charge < -0.3 is 10.0 Å². The fourth-order valence-electron chi connectivity index (χ4n) is 1.84. The lowest BCUT2D eigenvalue weighted by atomic mass is 10.1. The van der Waals surface area contributed by atoms with E-state index in [0.29, 0.717) is 25.1 Å². The molecule has 0 fully saturated rings. The highest BCUT2D eigenvalue weighted by molar-refractivity contribution is 5.96. The molecule has 0 saturated carbocycles. The van der Waals surface area contributed by atoms with E-state index in [9.17, 15) is 14.3 Å². The van der Waals surface area contributed by atoms with Gasteiger partial charge in [0.15, 0.2) is 5.78 Å². The van der Waals surface area contributed by atoms with E-state index in [1.165, 1.54) is 18.2 Å². The van der Waals surface area contributed by atoms with Crippen LogP contribution in [-0.2, 0) is 0 Å². The Morgan fingerprint density at radius 3 is 2.67 bits per heavy atom. The summed E-state index contributed by atoms with van der Waals surface area (Å²) in [4.78, 5) is 13.7. The van der Waals surface area contributed by atoms with Gasteiger partial charge in [-0.3, -0.25) is 4.79 Å². The average molecular weight is 253 g/mol. The summed E-state index contributed by atoms with van der Waals surface area (Å²) in [7, 11) is 1.84. The molecular formula is C14H20FNO2. The van der Waals surface area contributed by atoms with Crippen molar-refractivity contribution in [3.05, 3.63) is 35.6 Å². The number of ketones is 1. The van der Waals surface area contributed by atoms with Gasteiger partial charge in [0.1, 0.15) is 5.82 Å². The molecule has 18 heavy (non-hydrogen) atoms. The van der Waals surface area contributed by atoms with Crippen molar-refractivity contribution < 1.29 is 14.3 Å². The van der Waals surface area contributed by atoms with Crippen LogP contribution >= 0.6 is 0 Å². The van der Waals surface area contributed by atoms with E-state index in [1.807, 2.05) is 11.9 Å². The molecule has 0 aromatic heterocycles. The van der Waals surface area contributed by atoms with Crippen molar-refractivity contribution >= 4 is 5.78 Å². The van der Waals surface area contributed by atoms with Crippen molar-refractivity contribution in [1.29, 1.82) is 0 Å². The van der Waals surface area contributed by atoms with Crippen LogP contribution in [0.25, 0.3) is 0 Å². The number of hydrogen-bond acceptors (Lipinski definition) is 3. The number of carbonyl (C=O) groups excluding carboxylic acids is 1. The number of aliphatic hydroxyl groups is 1. The lowest BCUT2D eigenvalue weighted by Gasteiger charge is -2.25. The van der Waals surface area contributed by atoms with E-state index in [2.05, 4.69) is 0 Å². The van der Waals surface area contributed by atoms with Crippen LogP contribution in [0, 0.1) is 5.82 Å². The Hall–Kier alpha value is -1.26. The topological polar surface area (TPSA) is 40.5 Å². The number of likely N-dealkylation sites (N-methyl/N-ethyl adjacent to an activating group) is 1. The van der Waals surface area contributed by atoms with Gasteiger partial charge in [-0.2, -0.15) is 0 Å². The Bertz CT molecular complexity index is 413. The zero-order valence-electron chi connectivity index (χ0n) is 11.1. The van der Waals surface area contributed by atoms with E-state index in [1.54, 1.807) is 19.9 Å². The molecule has 0 radical (unpaired) electrons. The van der Waals surface area contributed by atoms with Gasteiger partial charge in [-0.15, -0.1) is 0 Å². The predicted molar refractivity (Wildman–Crippen MR) is 69.1 cm³/mol. The second-order valence-corrected chi connectivity index (χ2v) is 5.23. The highest BCUT2D eigenvalue weighted by Gasteiger charge is 2.16. The molecule has 0 aliphatic carbocycles. The molecule has 0 aliphatic heterocycles. The first kappa shape index (κ1) is 14.8. The Balaban J connectivity index is 2.47. The summed E-state index contributed by atoms with van der Waals surface area (Å²) < 4.78 is 13.0. The maximum absolute atomic E-state index is 13.0. The van der Waals surface area contributed by atoms with E-state index in [4.69, 9.17) is 0 Å². The predicted octanol–water partition coefficient (Wildman–Crippen LogP) is 2.10. The molecule has 1 aromatic carbocycles. The van der Waals surface area contributed by atoms with Gasteiger partial charge in [0.25, 0.3) is 0 Å². The largest absolute Gasteiger partial charge is 0.389 e. The normalized spacial score (nSPS) is 11.9. The smallest absolute Gasteiger partial charge is 0.164 e. The molecule has 4 heteroatoms. The molecule has 1 N–H and O–H groups in total. The molecule has 0 heterocycles. The Kier molecular flexibility index (Phi) is 4.99. The number of rotatable bonds is 6. The van der Waals surface area contributed by atoms with Crippen molar-refractivity contribution in [3.63, 3.8) is 0 Å². The second-order valence-electron chi connectivity index (χ2n) is 5.23. The van der Waals surface area contributed by atoms with Crippen molar-refractivity contribution in [1.82, 2.24) is 4.90 Å². The lowest BCUT2D eigenvalue weighted by Crippen LogP contribution is -2.37. The number of benzene rings is 1. The number of carbonyl (C=O) groups is 1. The number of nitrogens with zero attached hydrogens (tertiary/aromatic N) is 1. The lowest BCUT2D eigenvalue weighted by molar-refractivity contribution is 0.0437.